The second kappa shape index (κ2) is 8.58. The largest absolute Gasteiger partial charge is 0.485 e. The van der Waals surface area contributed by atoms with E-state index in [1.54, 1.807) is 17.0 Å². The van der Waals surface area contributed by atoms with Crippen molar-refractivity contribution in [3.8, 4) is 11.5 Å². The number of likely N-dealkylation sites (tertiary alicyclic amines) is 1. The molecular weight excluding hydrogens is 421 g/mol. The quantitative estimate of drug-likeness (QED) is 0.557. The average Bonchev–Trinajstić information content (AvgIpc) is 2.72. The number of ether oxygens (including phenoxy) is 3. The lowest BCUT2D eigenvalue weighted by Gasteiger charge is -2.35. The molecule has 31 heavy (non-hydrogen) atoms. The molecule has 2 aromatic carbocycles. The van der Waals surface area contributed by atoms with Gasteiger partial charge in [0, 0.05) is 29.2 Å². The van der Waals surface area contributed by atoms with Crippen molar-refractivity contribution in [1.82, 2.24) is 4.90 Å². The van der Waals surface area contributed by atoms with Gasteiger partial charge < -0.3 is 19.1 Å². The summed E-state index contributed by atoms with van der Waals surface area (Å²) in [6.45, 7) is 7.05. The molecule has 0 saturated carbocycles. The highest BCUT2D eigenvalue weighted by Crippen LogP contribution is 2.44. The number of nitrogens with zero attached hydrogens (tertiary/aromatic N) is 1. The van der Waals surface area contributed by atoms with E-state index in [0.29, 0.717) is 35.2 Å². The van der Waals surface area contributed by atoms with Crippen molar-refractivity contribution in [2.24, 2.45) is 0 Å². The van der Waals surface area contributed by atoms with Crippen LogP contribution in [0.15, 0.2) is 36.4 Å². The maximum atomic E-state index is 14.4. The number of piperidine rings is 1. The van der Waals surface area contributed by atoms with Crippen LogP contribution < -0.4 is 9.47 Å². The molecular formula is C24H27ClFNO4. The SMILES string of the molecule is CC(C)(C)OC(=O)N1CCC(c2cccc3c2O[C@H](c2ccc(Cl)cc2F)CO3)CC1. The molecule has 1 saturated heterocycles. The van der Waals surface area contributed by atoms with E-state index >= 15 is 0 Å². The molecule has 7 heteroatoms. The van der Waals surface area contributed by atoms with Crippen LogP contribution in [0.25, 0.3) is 0 Å². The van der Waals surface area contributed by atoms with Crippen LogP contribution in [0, 0.1) is 5.82 Å². The van der Waals surface area contributed by atoms with Crippen LogP contribution in [0.5, 0.6) is 11.5 Å². The summed E-state index contributed by atoms with van der Waals surface area (Å²) in [6.07, 6.45) is 0.754. The number of para-hydroxylation sites is 1. The average molecular weight is 448 g/mol. The van der Waals surface area contributed by atoms with Crippen molar-refractivity contribution in [3.05, 3.63) is 58.4 Å². The van der Waals surface area contributed by atoms with Crippen LogP contribution in [0.4, 0.5) is 9.18 Å². The Morgan fingerprint density at radius 1 is 1.16 bits per heavy atom. The van der Waals surface area contributed by atoms with E-state index < -0.39 is 17.5 Å². The predicted molar refractivity (Wildman–Crippen MR) is 116 cm³/mol. The monoisotopic (exact) mass is 447 g/mol. The minimum atomic E-state index is -0.548. The minimum absolute atomic E-state index is 0.214. The number of carbonyl (C=O) groups is 1. The molecule has 2 aliphatic heterocycles. The first kappa shape index (κ1) is 21.8. The van der Waals surface area contributed by atoms with Crippen LogP contribution >= 0.6 is 11.6 Å². The van der Waals surface area contributed by atoms with Gasteiger partial charge in [-0.1, -0.05) is 29.8 Å². The number of fused-ring (bicyclic) bond motifs is 1. The van der Waals surface area contributed by atoms with E-state index in [-0.39, 0.29) is 18.6 Å². The molecule has 5 nitrogen and oxygen atoms in total. The lowest BCUT2D eigenvalue weighted by molar-refractivity contribution is 0.0203. The summed E-state index contributed by atoms with van der Waals surface area (Å²) in [5, 5.41) is 0.343. The molecule has 0 spiro atoms. The summed E-state index contributed by atoms with van der Waals surface area (Å²) in [4.78, 5) is 14.1. The van der Waals surface area contributed by atoms with E-state index in [1.165, 1.54) is 6.07 Å². The number of benzene rings is 2. The molecule has 0 N–H and O–H groups in total. The summed E-state index contributed by atoms with van der Waals surface area (Å²) >= 11 is 5.88. The Balaban J connectivity index is 1.49. The minimum Gasteiger partial charge on any atom is -0.485 e. The van der Waals surface area contributed by atoms with E-state index in [1.807, 2.05) is 39.0 Å². The molecule has 0 bridgehead atoms. The number of halogens is 2. The Hall–Kier alpha value is -2.47. The second-order valence-electron chi connectivity index (χ2n) is 9.00. The normalized spacial score (nSPS) is 19.3. The van der Waals surface area contributed by atoms with Crippen molar-refractivity contribution in [1.29, 1.82) is 0 Å². The summed E-state index contributed by atoms with van der Waals surface area (Å²) in [6, 6.07) is 10.4. The van der Waals surface area contributed by atoms with Crippen molar-refractivity contribution >= 4 is 17.7 Å². The third kappa shape index (κ3) is 4.90. The highest BCUT2D eigenvalue weighted by atomic mass is 35.5. The lowest BCUT2D eigenvalue weighted by Crippen LogP contribution is -2.41. The molecule has 4 rings (SSSR count). The molecule has 0 aromatic heterocycles. The third-order valence-corrected chi connectivity index (χ3v) is 5.79. The summed E-state index contributed by atoms with van der Waals surface area (Å²) in [7, 11) is 0. The topological polar surface area (TPSA) is 48.0 Å². The first-order chi connectivity index (χ1) is 14.7. The maximum Gasteiger partial charge on any atom is 0.410 e. The Morgan fingerprint density at radius 2 is 1.90 bits per heavy atom. The predicted octanol–water partition coefficient (Wildman–Crippen LogP) is 6.11. The highest BCUT2D eigenvalue weighted by molar-refractivity contribution is 6.30. The fraction of sp³-hybridized carbons (Fsp3) is 0.458. The fourth-order valence-corrected chi connectivity index (χ4v) is 4.21. The highest BCUT2D eigenvalue weighted by Gasteiger charge is 2.32. The summed E-state index contributed by atoms with van der Waals surface area (Å²) in [5.41, 5.74) is 0.939. The molecule has 2 aromatic rings. The Morgan fingerprint density at radius 3 is 2.58 bits per heavy atom. The fourth-order valence-electron chi connectivity index (χ4n) is 4.05. The molecule has 1 atom stereocenters. The third-order valence-electron chi connectivity index (χ3n) is 5.56. The van der Waals surface area contributed by atoms with Crippen LogP contribution in [-0.4, -0.2) is 36.3 Å². The van der Waals surface area contributed by atoms with Crippen LogP contribution in [0.1, 0.15) is 56.8 Å². The van der Waals surface area contributed by atoms with E-state index in [9.17, 15) is 9.18 Å². The van der Waals surface area contributed by atoms with Crippen LogP contribution in [0.2, 0.25) is 5.02 Å². The van der Waals surface area contributed by atoms with Gasteiger partial charge in [0.2, 0.25) is 0 Å². The maximum absolute atomic E-state index is 14.4. The van der Waals surface area contributed by atoms with Gasteiger partial charge in [0.1, 0.15) is 18.0 Å². The first-order valence-electron chi connectivity index (χ1n) is 10.6. The van der Waals surface area contributed by atoms with Gasteiger partial charge in [-0.3, -0.25) is 0 Å². The van der Waals surface area contributed by atoms with Gasteiger partial charge in [-0.15, -0.1) is 0 Å². The zero-order valence-corrected chi connectivity index (χ0v) is 18.7. The van der Waals surface area contributed by atoms with Crippen molar-refractivity contribution in [2.45, 2.75) is 51.2 Å². The number of hydrogen-bond acceptors (Lipinski definition) is 4. The molecule has 2 aliphatic rings. The number of carbonyl (C=O) groups excluding carboxylic acids is 1. The van der Waals surface area contributed by atoms with Gasteiger partial charge in [-0.05, 0) is 57.7 Å². The van der Waals surface area contributed by atoms with Gasteiger partial charge in [-0.2, -0.15) is 0 Å². The van der Waals surface area contributed by atoms with Crippen molar-refractivity contribution in [2.75, 3.05) is 19.7 Å². The molecule has 0 aliphatic carbocycles. The van der Waals surface area contributed by atoms with E-state index in [4.69, 9.17) is 25.8 Å². The van der Waals surface area contributed by atoms with Gasteiger partial charge in [0.05, 0.1) is 0 Å². The number of rotatable bonds is 2. The van der Waals surface area contributed by atoms with Crippen molar-refractivity contribution in [3.63, 3.8) is 0 Å². The molecule has 0 unspecified atom stereocenters. The standard InChI is InChI=1S/C24H27ClFNO4/c1-24(2,3)31-23(28)27-11-9-15(10-12-27)17-5-4-6-20-22(17)30-21(14-29-20)18-8-7-16(25)13-19(18)26/h4-8,13,15,21H,9-12,14H2,1-3H3/t21-/m0/s1. The zero-order chi connectivity index (χ0) is 22.2. The number of hydrogen-bond donors (Lipinski definition) is 0. The molecule has 166 valence electrons. The van der Waals surface area contributed by atoms with E-state index in [2.05, 4.69) is 0 Å². The molecule has 1 amide bonds. The van der Waals surface area contributed by atoms with E-state index in [0.717, 1.165) is 18.4 Å². The molecule has 0 radical (unpaired) electrons. The molecule has 1 fully saturated rings. The summed E-state index contributed by atoms with van der Waals surface area (Å²) < 4.78 is 32.1. The Kier molecular flexibility index (Phi) is 6.02. The summed E-state index contributed by atoms with van der Waals surface area (Å²) in [5.74, 6) is 1.13. The second-order valence-corrected chi connectivity index (χ2v) is 9.44. The number of amides is 1. The van der Waals surface area contributed by atoms with Gasteiger partial charge in [0.15, 0.2) is 17.6 Å². The van der Waals surface area contributed by atoms with Crippen LogP contribution in [0.3, 0.4) is 0 Å². The smallest absolute Gasteiger partial charge is 0.410 e. The lowest BCUT2D eigenvalue weighted by atomic mass is 9.88. The Labute approximate surface area is 187 Å². The van der Waals surface area contributed by atoms with Gasteiger partial charge >= 0.3 is 6.09 Å². The molecule has 2 heterocycles. The van der Waals surface area contributed by atoms with Gasteiger partial charge in [0.25, 0.3) is 0 Å². The zero-order valence-electron chi connectivity index (χ0n) is 18.0. The Bertz CT molecular complexity index is 967. The van der Waals surface area contributed by atoms with Crippen LogP contribution in [-0.2, 0) is 4.74 Å². The van der Waals surface area contributed by atoms with Crippen molar-refractivity contribution < 1.29 is 23.4 Å². The first-order valence-corrected chi connectivity index (χ1v) is 10.9. The van der Waals surface area contributed by atoms with Gasteiger partial charge in [-0.25, -0.2) is 9.18 Å².